The van der Waals surface area contributed by atoms with E-state index in [1.807, 2.05) is 19.0 Å². The molecule has 0 aromatic heterocycles. The summed E-state index contributed by atoms with van der Waals surface area (Å²) in [6.07, 6.45) is 0.0434. The van der Waals surface area contributed by atoms with Crippen molar-refractivity contribution in [3.8, 4) is 0 Å². The summed E-state index contributed by atoms with van der Waals surface area (Å²) in [6.45, 7) is 1.08. The summed E-state index contributed by atoms with van der Waals surface area (Å²) in [7, 11) is 5.00. The van der Waals surface area contributed by atoms with Crippen molar-refractivity contribution in [2.75, 3.05) is 40.8 Å². The Kier molecular flexibility index (Phi) is 7.27. The van der Waals surface area contributed by atoms with Crippen LogP contribution in [0.5, 0.6) is 0 Å². The van der Waals surface area contributed by atoms with Crippen LogP contribution in [0.25, 0.3) is 0 Å². The zero-order valence-corrected chi connectivity index (χ0v) is 13.7. The molecule has 7 heteroatoms. The van der Waals surface area contributed by atoms with Gasteiger partial charge in [0.05, 0.1) is 24.1 Å². The Labute approximate surface area is 134 Å². The third-order valence-electron chi connectivity index (χ3n) is 3.09. The number of benzene rings is 1. The summed E-state index contributed by atoms with van der Waals surface area (Å²) in [5.74, 6) is -1.64. The van der Waals surface area contributed by atoms with Crippen LogP contribution in [0.15, 0.2) is 18.2 Å². The molecule has 0 aliphatic carbocycles. The highest BCUT2D eigenvalue weighted by Gasteiger charge is 2.22. The summed E-state index contributed by atoms with van der Waals surface area (Å²) in [4.78, 5) is 27.1. The van der Waals surface area contributed by atoms with Gasteiger partial charge in [0.1, 0.15) is 5.82 Å². The molecule has 1 aromatic carbocycles. The van der Waals surface area contributed by atoms with Gasteiger partial charge in [-0.3, -0.25) is 9.59 Å². The second-order valence-corrected chi connectivity index (χ2v) is 5.43. The second kappa shape index (κ2) is 8.70. The number of carbonyl (C=O) groups is 2. The van der Waals surface area contributed by atoms with E-state index >= 15 is 0 Å². The minimum absolute atomic E-state index is 0.0434. The standard InChI is InChI=1S/C15H20ClFN2O3/c1-18(2)9-10-19(8-7-13(20)22-3)15(21)14-11(16)5-4-6-12(14)17/h4-6H,7-10H2,1-3H3. The number of esters is 1. The molecule has 1 aromatic rings. The van der Waals surface area contributed by atoms with Crippen LogP contribution in [-0.2, 0) is 9.53 Å². The number of hydrogen-bond acceptors (Lipinski definition) is 4. The Balaban J connectivity index is 2.93. The number of carbonyl (C=O) groups excluding carboxylic acids is 2. The van der Waals surface area contributed by atoms with Crippen molar-refractivity contribution >= 4 is 23.5 Å². The molecule has 0 fully saturated rings. The second-order valence-electron chi connectivity index (χ2n) is 5.02. The first-order valence-electron chi connectivity index (χ1n) is 6.81. The lowest BCUT2D eigenvalue weighted by atomic mass is 10.1. The molecular weight excluding hydrogens is 311 g/mol. The van der Waals surface area contributed by atoms with Crippen LogP contribution in [0.1, 0.15) is 16.8 Å². The topological polar surface area (TPSA) is 49.9 Å². The lowest BCUT2D eigenvalue weighted by Gasteiger charge is -2.24. The molecule has 0 aliphatic rings. The van der Waals surface area contributed by atoms with Gasteiger partial charge >= 0.3 is 5.97 Å². The van der Waals surface area contributed by atoms with Crippen LogP contribution in [0.2, 0.25) is 5.02 Å². The van der Waals surface area contributed by atoms with E-state index in [0.717, 1.165) is 0 Å². The van der Waals surface area contributed by atoms with Crippen molar-refractivity contribution < 1.29 is 18.7 Å². The molecule has 0 aliphatic heterocycles. The van der Waals surface area contributed by atoms with E-state index in [9.17, 15) is 14.0 Å². The smallest absolute Gasteiger partial charge is 0.307 e. The van der Waals surface area contributed by atoms with E-state index < -0.39 is 17.7 Å². The third kappa shape index (κ3) is 5.27. The number of nitrogens with zero attached hydrogens (tertiary/aromatic N) is 2. The summed E-state index contributed by atoms with van der Waals surface area (Å²) >= 11 is 5.93. The van der Waals surface area contributed by atoms with Crippen molar-refractivity contribution in [1.82, 2.24) is 9.80 Å². The SMILES string of the molecule is COC(=O)CCN(CCN(C)C)C(=O)c1c(F)cccc1Cl. The number of rotatable bonds is 7. The number of halogens is 2. The highest BCUT2D eigenvalue weighted by atomic mass is 35.5. The number of ether oxygens (including phenoxy) is 1. The fourth-order valence-corrected chi connectivity index (χ4v) is 2.07. The predicted octanol–water partition coefficient (Wildman–Crippen LogP) is 2.05. The quantitative estimate of drug-likeness (QED) is 0.718. The van der Waals surface area contributed by atoms with Gasteiger partial charge in [0, 0.05) is 19.6 Å². The van der Waals surface area contributed by atoms with E-state index in [2.05, 4.69) is 4.74 Å². The maximum Gasteiger partial charge on any atom is 0.307 e. The van der Waals surface area contributed by atoms with Crippen LogP contribution in [-0.4, -0.2) is 62.5 Å². The molecule has 22 heavy (non-hydrogen) atoms. The third-order valence-corrected chi connectivity index (χ3v) is 3.41. The van der Waals surface area contributed by atoms with E-state index in [0.29, 0.717) is 13.1 Å². The summed E-state index contributed by atoms with van der Waals surface area (Å²) in [5, 5.41) is 0.0536. The first-order chi connectivity index (χ1) is 10.4. The number of hydrogen-bond donors (Lipinski definition) is 0. The number of likely N-dealkylation sites (N-methyl/N-ethyl adjacent to an activating group) is 1. The van der Waals surface area contributed by atoms with E-state index in [1.165, 1.54) is 30.2 Å². The maximum atomic E-state index is 13.9. The van der Waals surface area contributed by atoms with E-state index in [-0.39, 0.29) is 23.6 Å². The molecule has 0 spiro atoms. The van der Waals surface area contributed by atoms with E-state index in [1.54, 1.807) is 0 Å². The van der Waals surface area contributed by atoms with Crippen LogP contribution in [0.4, 0.5) is 4.39 Å². The summed E-state index contributed by atoms with van der Waals surface area (Å²) in [5.41, 5.74) is -0.173. The molecule has 0 saturated carbocycles. The van der Waals surface area contributed by atoms with Crippen molar-refractivity contribution in [1.29, 1.82) is 0 Å². The Hall–Kier alpha value is -1.66. The minimum Gasteiger partial charge on any atom is -0.469 e. The average Bonchev–Trinajstić information content (AvgIpc) is 2.46. The van der Waals surface area contributed by atoms with Gasteiger partial charge in [-0.25, -0.2) is 4.39 Å². The van der Waals surface area contributed by atoms with Crippen molar-refractivity contribution in [3.63, 3.8) is 0 Å². The number of amides is 1. The molecule has 1 amide bonds. The maximum absolute atomic E-state index is 13.9. The van der Waals surface area contributed by atoms with Crippen LogP contribution in [0, 0.1) is 5.82 Å². The molecule has 0 radical (unpaired) electrons. The molecule has 0 bridgehead atoms. The van der Waals surface area contributed by atoms with Gasteiger partial charge in [0.25, 0.3) is 5.91 Å². The van der Waals surface area contributed by atoms with E-state index in [4.69, 9.17) is 11.6 Å². The van der Waals surface area contributed by atoms with Gasteiger partial charge in [-0.15, -0.1) is 0 Å². The van der Waals surface area contributed by atoms with Gasteiger partial charge in [0.15, 0.2) is 0 Å². The molecule has 0 atom stereocenters. The Morgan fingerprint density at radius 3 is 2.45 bits per heavy atom. The summed E-state index contributed by atoms with van der Waals surface area (Å²) in [6, 6.07) is 4.08. The fourth-order valence-electron chi connectivity index (χ4n) is 1.82. The van der Waals surface area contributed by atoms with Crippen molar-refractivity contribution in [2.24, 2.45) is 0 Å². The zero-order chi connectivity index (χ0) is 16.7. The molecule has 122 valence electrons. The summed E-state index contributed by atoms with van der Waals surface area (Å²) < 4.78 is 18.5. The highest BCUT2D eigenvalue weighted by Crippen LogP contribution is 2.21. The molecule has 0 N–H and O–H groups in total. The first kappa shape index (κ1) is 18.4. The normalized spacial score (nSPS) is 10.6. The molecule has 0 unspecified atom stereocenters. The van der Waals surface area contributed by atoms with Crippen LogP contribution in [0.3, 0.4) is 0 Å². The molecule has 1 rings (SSSR count). The molecular formula is C15H20ClFN2O3. The Morgan fingerprint density at radius 2 is 1.91 bits per heavy atom. The van der Waals surface area contributed by atoms with Gasteiger partial charge < -0.3 is 14.5 Å². The Morgan fingerprint density at radius 1 is 1.23 bits per heavy atom. The largest absolute Gasteiger partial charge is 0.469 e. The van der Waals surface area contributed by atoms with Crippen molar-refractivity contribution in [2.45, 2.75) is 6.42 Å². The molecule has 0 heterocycles. The lowest BCUT2D eigenvalue weighted by molar-refractivity contribution is -0.140. The first-order valence-corrected chi connectivity index (χ1v) is 7.19. The monoisotopic (exact) mass is 330 g/mol. The minimum atomic E-state index is -0.676. The molecule has 0 saturated heterocycles. The van der Waals surface area contributed by atoms with Crippen LogP contribution >= 0.6 is 11.6 Å². The van der Waals surface area contributed by atoms with Crippen LogP contribution < -0.4 is 0 Å². The van der Waals surface area contributed by atoms with Gasteiger partial charge in [-0.1, -0.05) is 17.7 Å². The predicted molar refractivity (Wildman–Crippen MR) is 82.5 cm³/mol. The van der Waals surface area contributed by atoms with Gasteiger partial charge in [-0.05, 0) is 26.2 Å². The van der Waals surface area contributed by atoms with Gasteiger partial charge in [0.2, 0.25) is 0 Å². The Bertz CT molecular complexity index is 517. The lowest BCUT2D eigenvalue weighted by Crippen LogP contribution is -2.38. The van der Waals surface area contributed by atoms with Gasteiger partial charge in [-0.2, -0.15) is 0 Å². The molecule has 5 nitrogen and oxygen atoms in total. The highest BCUT2D eigenvalue weighted by molar-refractivity contribution is 6.33. The fraction of sp³-hybridized carbons (Fsp3) is 0.467. The zero-order valence-electron chi connectivity index (χ0n) is 12.9. The van der Waals surface area contributed by atoms with Crippen molar-refractivity contribution in [3.05, 3.63) is 34.6 Å². The average molecular weight is 331 g/mol. The number of methoxy groups -OCH3 is 1.